The molecule has 7 nitrogen and oxygen atoms in total. The minimum atomic E-state index is -0.866. The van der Waals surface area contributed by atoms with Crippen LogP contribution in [-0.2, 0) is 0 Å². The zero-order valence-electron chi connectivity index (χ0n) is 10.2. The van der Waals surface area contributed by atoms with E-state index in [2.05, 4.69) is 20.3 Å². The van der Waals surface area contributed by atoms with Crippen LogP contribution in [0.2, 0.25) is 0 Å². The number of aliphatic hydroxyl groups excluding tert-OH is 2. The van der Waals surface area contributed by atoms with Gasteiger partial charge >= 0.3 is 0 Å². The lowest BCUT2D eigenvalue weighted by molar-refractivity contribution is 0.0303. The van der Waals surface area contributed by atoms with Gasteiger partial charge in [0.15, 0.2) is 5.82 Å². The molecule has 0 aromatic carbocycles. The highest BCUT2D eigenvalue weighted by Gasteiger charge is 2.40. The molecule has 2 aromatic rings. The number of anilines is 1. The van der Waals surface area contributed by atoms with E-state index in [-0.39, 0.29) is 24.5 Å². The molecule has 1 fully saturated rings. The first-order valence-electron chi connectivity index (χ1n) is 5.79. The molecule has 3 rings (SSSR count). The number of halogens is 1. The molecule has 4 atom stereocenters. The molecule has 4 unspecified atom stereocenters. The Labute approximate surface area is 115 Å². The summed E-state index contributed by atoms with van der Waals surface area (Å²) in [7, 11) is 0. The van der Waals surface area contributed by atoms with Crippen molar-refractivity contribution >= 4 is 29.3 Å². The highest BCUT2D eigenvalue weighted by atomic mass is 35.5. The molecule has 0 spiro atoms. The Balaban J connectivity index is 0.00000133. The SMILES string of the molecule is CC1NC(c2c[nH]c3c(N)ncnc23)C(O)C1O.Cl. The number of aliphatic hydroxyl groups is 2. The van der Waals surface area contributed by atoms with Gasteiger partial charge in [-0.05, 0) is 6.92 Å². The fourth-order valence-corrected chi connectivity index (χ4v) is 2.46. The first kappa shape index (κ1) is 14.0. The molecular weight excluding hydrogens is 270 g/mol. The van der Waals surface area contributed by atoms with E-state index < -0.39 is 12.2 Å². The molecule has 1 saturated heterocycles. The molecule has 2 aromatic heterocycles. The van der Waals surface area contributed by atoms with Crippen molar-refractivity contribution in [2.24, 2.45) is 0 Å². The number of nitrogens with zero attached hydrogens (tertiary/aromatic N) is 2. The summed E-state index contributed by atoms with van der Waals surface area (Å²) in [4.78, 5) is 11.1. The van der Waals surface area contributed by atoms with Crippen LogP contribution in [0.25, 0.3) is 11.0 Å². The van der Waals surface area contributed by atoms with Crippen LogP contribution in [0.1, 0.15) is 18.5 Å². The van der Waals surface area contributed by atoms with E-state index in [1.165, 1.54) is 6.33 Å². The predicted molar refractivity (Wildman–Crippen MR) is 72.9 cm³/mol. The number of aromatic nitrogens is 3. The molecule has 19 heavy (non-hydrogen) atoms. The van der Waals surface area contributed by atoms with Crippen LogP contribution < -0.4 is 11.1 Å². The van der Waals surface area contributed by atoms with Crippen LogP contribution in [0.5, 0.6) is 0 Å². The maximum absolute atomic E-state index is 10.0. The average molecular weight is 286 g/mol. The largest absolute Gasteiger partial charge is 0.389 e. The lowest BCUT2D eigenvalue weighted by Crippen LogP contribution is -2.29. The summed E-state index contributed by atoms with van der Waals surface area (Å²) in [6, 6.07) is -0.535. The summed E-state index contributed by atoms with van der Waals surface area (Å²) in [5.74, 6) is 0.368. The van der Waals surface area contributed by atoms with Crippen molar-refractivity contribution in [3.63, 3.8) is 0 Å². The van der Waals surface area contributed by atoms with Gasteiger partial charge in [0.1, 0.15) is 17.9 Å². The second-order valence-corrected chi connectivity index (χ2v) is 4.64. The Hall–Kier alpha value is -1.41. The van der Waals surface area contributed by atoms with Gasteiger partial charge in [-0.15, -0.1) is 12.4 Å². The monoisotopic (exact) mass is 285 g/mol. The molecule has 104 valence electrons. The van der Waals surface area contributed by atoms with E-state index in [9.17, 15) is 10.2 Å². The lowest BCUT2D eigenvalue weighted by atomic mass is 10.0. The van der Waals surface area contributed by atoms with E-state index in [4.69, 9.17) is 5.73 Å². The van der Waals surface area contributed by atoms with E-state index in [1.54, 1.807) is 6.20 Å². The van der Waals surface area contributed by atoms with Crippen LogP contribution in [0.15, 0.2) is 12.5 Å². The average Bonchev–Trinajstić information content (AvgIpc) is 2.88. The molecule has 0 amide bonds. The fourth-order valence-electron chi connectivity index (χ4n) is 2.46. The summed E-state index contributed by atoms with van der Waals surface area (Å²) >= 11 is 0. The quantitative estimate of drug-likeness (QED) is 0.491. The maximum atomic E-state index is 10.0. The van der Waals surface area contributed by atoms with Crippen molar-refractivity contribution in [2.45, 2.75) is 31.2 Å². The zero-order valence-corrected chi connectivity index (χ0v) is 11.1. The highest BCUT2D eigenvalue weighted by molar-refractivity contribution is 5.87. The normalized spacial score (nSPS) is 30.5. The van der Waals surface area contributed by atoms with E-state index >= 15 is 0 Å². The van der Waals surface area contributed by atoms with Crippen LogP contribution in [0, 0.1) is 0 Å². The number of hydrogen-bond donors (Lipinski definition) is 5. The van der Waals surface area contributed by atoms with Crippen molar-refractivity contribution in [1.29, 1.82) is 0 Å². The third-order valence-electron chi connectivity index (χ3n) is 3.50. The summed E-state index contributed by atoms with van der Waals surface area (Å²) in [6.07, 6.45) is 1.46. The molecule has 0 radical (unpaired) electrons. The Bertz CT molecular complexity index is 589. The van der Waals surface area contributed by atoms with Crippen molar-refractivity contribution < 1.29 is 10.2 Å². The molecule has 0 aliphatic carbocycles. The Morgan fingerprint density at radius 1 is 1.26 bits per heavy atom. The van der Waals surface area contributed by atoms with Gasteiger partial charge in [-0.2, -0.15) is 0 Å². The van der Waals surface area contributed by atoms with Crippen molar-refractivity contribution in [3.8, 4) is 0 Å². The highest BCUT2D eigenvalue weighted by Crippen LogP contribution is 2.32. The first-order valence-corrected chi connectivity index (χ1v) is 5.79. The van der Waals surface area contributed by atoms with E-state index in [1.807, 2.05) is 6.92 Å². The Morgan fingerprint density at radius 2 is 2.00 bits per heavy atom. The Kier molecular flexibility index (Phi) is 3.64. The fraction of sp³-hybridized carbons (Fsp3) is 0.455. The van der Waals surface area contributed by atoms with Gasteiger partial charge in [-0.25, -0.2) is 9.97 Å². The number of aromatic amines is 1. The van der Waals surface area contributed by atoms with Crippen molar-refractivity contribution in [2.75, 3.05) is 5.73 Å². The number of nitrogens with two attached hydrogens (primary N) is 1. The number of nitrogen functional groups attached to an aromatic ring is 1. The smallest absolute Gasteiger partial charge is 0.151 e. The van der Waals surface area contributed by atoms with Gasteiger partial charge in [-0.1, -0.05) is 0 Å². The number of rotatable bonds is 1. The summed E-state index contributed by atoms with van der Waals surface area (Å²) in [5, 5.41) is 23.0. The topological polar surface area (TPSA) is 120 Å². The molecular formula is C11H16ClN5O2. The van der Waals surface area contributed by atoms with Crippen molar-refractivity contribution in [3.05, 3.63) is 18.1 Å². The molecule has 3 heterocycles. The second-order valence-electron chi connectivity index (χ2n) is 4.64. The molecule has 1 aliphatic rings. The second kappa shape index (κ2) is 4.93. The Morgan fingerprint density at radius 3 is 2.63 bits per heavy atom. The lowest BCUT2D eigenvalue weighted by Gasteiger charge is -2.14. The van der Waals surface area contributed by atoms with Crippen LogP contribution >= 0.6 is 12.4 Å². The summed E-state index contributed by atoms with van der Waals surface area (Å²) in [6.45, 7) is 1.83. The third-order valence-corrected chi connectivity index (χ3v) is 3.50. The van der Waals surface area contributed by atoms with Gasteiger partial charge in [0, 0.05) is 17.8 Å². The maximum Gasteiger partial charge on any atom is 0.151 e. The minimum absolute atomic E-state index is 0. The van der Waals surface area contributed by atoms with Gasteiger partial charge < -0.3 is 26.2 Å². The predicted octanol–water partition coefficient (Wildman–Crippen LogP) is -0.284. The number of H-pyrrole nitrogens is 1. The molecule has 0 saturated carbocycles. The van der Waals surface area contributed by atoms with Gasteiger partial charge in [0.25, 0.3) is 0 Å². The van der Waals surface area contributed by atoms with Gasteiger partial charge in [0.2, 0.25) is 0 Å². The van der Waals surface area contributed by atoms with Gasteiger partial charge in [0.05, 0.1) is 17.7 Å². The zero-order chi connectivity index (χ0) is 12.9. The first-order chi connectivity index (χ1) is 8.59. The standard InChI is InChI=1S/C11H15N5O2.ClH/c1-4-9(17)10(18)7(16-4)5-2-13-8-6(5)14-3-15-11(8)12;/h2-4,7,9-10,13,16-18H,1H3,(H2,12,14,15);1H. The number of nitrogens with one attached hydrogen (secondary N) is 2. The van der Waals surface area contributed by atoms with E-state index in [0.29, 0.717) is 16.9 Å². The van der Waals surface area contributed by atoms with Crippen molar-refractivity contribution in [1.82, 2.24) is 20.3 Å². The van der Waals surface area contributed by atoms with E-state index in [0.717, 1.165) is 5.56 Å². The molecule has 6 N–H and O–H groups in total. The van der Waals surface area contributed by atoms with Gasteiger partial charge in [-0.3, -0.25) is 0 Å². The van der Waals surface area contributed by atoms with Crippen LogP contribution in [-0.4, -0.2) is 43.4 Å². The molecule has 0 bridgehead atoms. The number of hydrogen-bond acceptors (Lipinski definition) is 6. The molecule has 8 heteroatoms. The van der Waals surface area contributed by atoms with Crippen LogP contribution in [0.4, 0.5) is 5.82 Å². The van der Waals surface area contributed by atoms with Crippen LogP contribution in [0.3, 0.4) is 0 Å². The summed E-state index contributed by atoms with van der Waals surface area (Å²) < 4.78 is 0. The summed E-state index contributed by atoms with van der Waals surface area (Å²) in [5.41, 5.74) is 7.85. The number of fused-ring (bicyclic) bond motifs is 1. The minimum Gasteiger partial charge on any atom is -0.389 e. The third kappa shape index (κ3) is 2.04. The molecule has 1 aliphatic heterocycles.